The summed E-state index contributed by atoms with van der Waals surface area (Å²) in [6.07, 6.45) is 0. The molecule has 1 amide bonds. The number of rotatable bonds is 5. The first-order valence-electron chi connectivity index (χ1n) is 6.50. The number of aryl methyl sites for hydroxylation is 1. The molecule has 2 aromatic rings. The van der Waals surface area contributed by atoms with E-state index in [1.807, 2.05) is 0 Å². The van der Waals surface area contributed by atoms with Crippen LogP contribution in [0.25, 0.3) is 0 Å². The van der Waals surface area contributed by atoms with Crippen LogP contribution in [-0.2, 0) is 4.79 Å². The van der Waals surface area contributed by atoms with Gasteiger partial charge in [-0.2, -0.15) is 0 Å². The summed E-state index contributed by atoms with van der Waals surface area (Å²) in [5, 5.41) is 14.2. The van der Waals surface area contributed by atoms with Gasteiger partial charge in [0, 0.05) is 12.1 Å². The molecule has 0 saturated carbocycles. The lowest BCUT2D eigenvalue weighted by Crippen LogP contribution is -2.21. The Labute approximate surface area is 142 Å². The molecule has 2 rings (SSSR count). The number of halogens is 2. The highest BCUT2D eigenvalue weighted by Gasteiger charge is 2.17. The monoisotopic (exact) mass is 354 g/mol. The molecule has 0 spiro atoms. The minimum Gasteiger partial charge on any atom is -0.484 e. The summed E-state index contributed by atoms with van der Waals surface area (Å²) < 4.78 is 5.29. The van der Waals surface area contributed by atoms with Gasteiger partial charge in [-0.05, 0) is 24.6 Å². The summed E-state index contributed by atoms with van der Waals surface area (Å²) >= 11 is 11.6. The van der Waals surface area contributed by atoms with E-state index in [9.17, 15) is 14.9 Å². The van der Waals surface area contributed by atoms with Crippen molar-refractivity contribution in [2.45, 2.75) is 6.92 Å². The summed E-state index contributed by atoms with van der Waals surface area (Å²) in [6, 6.07) is 9.13. The van der Waals surface area contributed by atoms with E-state index in [1.165, 1.54) is 12.1 Å². The zero-order chi connectivity index (χ0) is 17.0. The van der Waals surface area contributed by atoms with E-state index in [0.29, 0.717) is 21.4 Å². The standard InChI is InChI=1S/C15H12Cl2N2O4/c1-9-3-2-4-13(19(21)22)15(9)18-14(20)8-23-10-5-6-11(16)12(17)7-10/h2-7H,8H2,1H3,(H,18,20). The number of benzene rings is 2. The van der Waals surface area contributed by atoms with Gasteiger partial charge in [0.1, 0.15) is 11.4 Å². The number of anilines is 1. The third-order valence-electron chi connectivity index (χ3n) is 2.97. The Morgan fingerprint density at radius 2 is 2.00 bits per heavy atom. The van der Waals surface area contributed by atoms with Gasteiger partial charge in [0.05, 0.1) is 15.0 Å². The molecule has 0 aliphatic rings. The highest BCUT2D eigenvalue weighted by atomic mass is 35.5. The minimum atomic E-state index is -0.553. The lowest BCUT2D eigenvalue weighted by Gasteiger charge is -2.10. The van der Waals surface area contributed by atoms with Crippen LogP contribution in [0.1, 0.15) is 5.56 Å². The summed E-state index contributed by atoms with van der Waals surface area (Å²) in [7, 11) is 0. The highest BCUT2D eigenvalue weighted by molar-refractivity contribution is 6.42. The van der Waals surface area contributed by atoms with Gasteiger partial charge in [-0.3, -0.25) is 14.9 Å². The largest absolute Gasteiger partial charge is 0.484 e. The second kappa shape index (κ2) is 7.30. The van der Waals surface area contributed by atoms with Gasteiger partial charge in [-0.25, -0.2) is 0 Å². The van der Waals surface area contributed by atoms with Gasteiger partial charge < -0.3 is 10.1 Å². The van der Waals surface area contributed by atoms with Crippen LogP contribution in [0.2, 0.25) is 10.0 Å². The molecule has 0 fully saturated rings. The molecule has 0 saturated heterocycles. The zero-order valence-corrected chi connectivity index (χ0v) is 13.5. The molecule has 0 atom stereocenters. The zero-order valence-electron chi connectivity index (χ0n) is 12.0. The van der Waals surface area contributed by atoms with Crippen LogP contribution in [0.4, 0.5) is 11.4 Å². The van der Waals surface area contributed by atoms with Crippen LogP contribution in [0.15, 0.2) is 36.4 Å². The van der Waals surface area contributed by atoms with Crippen molar-refractivity contribution in [1.29, 1.82) is 0 Å². The predicted octanol–water partition coefficient (Wildman–Crippen LogP) is 4.23. The van der Waals surface area contributed by atoms with E-state index >= 15 is 0 Å². The van der Waals surface area contributed by atoms with Crippen molar-refractivity contribution < 1.29 is 14.5 Å². The molecule has 120 valence electrons. The number of nitrogens with zero attached hydrogens (tertiary/aromatic N) is 1. The number of hydrogen-bond acceptors (Lipinski definition) is 4. The van der Waals surface area contributed by atoms with Gasteiger partial charge in [0.2, 0.25) is 0 Å². The van der Waals surface area contributed by atoms with Crippen molar-refractivity contribution in [1.82, 2.24) is 0 Å². The van der Waals surface area contributed by atoms with Crippen LogP contribution < -0.4 is 10.1 Å². The maximum Gasteiger partial charge on any atom is 0.293 e. The average molecular weight is 355 g/mol. The first-order valence-corrected chi connectivity index (χ1v) is 7.26. The Hall–Kier alpha value is -2.31. The molecule has 0 bridgehead atoms. The van der Waals surface area contributed by atoms with E-state index in [0.717, 1.165) is 0 Å². The Balaban J connectivity index is 2.05. The molecule has 0 aliphatic heterocycles. The smallest absolute Gasteiger partial charge is 0.293 e. The quantitative estimate of drug-likeness (QED) is 0.643. The summed E-state index contributed by atoms with van der Waals surface area (Å²) in [5.74, 6) is -0.151. The van der Waals surface area contributed by atoms with Gasteiger partial charge in [-0.15, -0.1) is 0 Å². The lowest BCUT2D eigenvalue weighted by atomic mass is 10.1. The third-order valence-corrected chi connectivity index (χ3v) is 3.71. The lowest BCUT2D eigenvalue weighted by molar-refractivity contribution is -0.384. The second-order valence-corrected chi connectivity index (χ2v) is 5.45. The van der Waals surface area contributed by atoms with E-state index in [1.54, 1.807) is 31.2 Å². The Kier molecular flexibility index (Phi) is 5.41. The molecular weight excluding hydrogens is 343 g/mol. The molecule has 0 heterocycles. The normalized spacial score (nSPS) is 10.2. The van der Waals surface area contributed by atoms with E-state index in [-0.39, 0.29) is 18.0 Å². The molecule has 8 heteroatoms. The molecular formula is C15H12Cl2N2O4. The Morgan fingerprint density at radius 1 is 1.26 bits per heavy atom. The Bertz CT molecular complexity index is 765. The van der Waals surface area contributed by atoms with Gasteiger partial charge >= 0.3 is 0 Å². The van der Waals surface area contributed by atoms with Crippen LogP contribution in [0, 0.1) is 17.0 Å². The maximum absolute atomic E-state index is 11.9. The predicted molar refractivity (Wildman–Crippen MR) is 88.4 cm³/mol. The number of nitrogens with one attached hydrogen (secondary N) is 1. The third kappa shape index (κ3) is 4.34. The SMILES string of the molecule is Cc1cccc([N+](=O)[O-])c1NC(=O)COc1ccc(Cl)c(Cl)c1. The fourth-order valence-corrected chi connectivity index (χ4v) is 2.15. The molecule has 1 N–H and O–H groups in total. The van der Waals surface area contributed by atoms with Crippen LogP contribution in [0.3, 0.4) is 0 Å². The number of nitro groups is 1. The van der Waals surface area contributed by atoms with Crippen LogP contribution in [-0.4, -0.2) is 17.4 Å². The van der Waals surface area contributed by atoms with Gasteiger partial charge in [0.25, 0.3) is 11.6 Å². The summed E-state index contributed by atoms with van der Waals surface area (Å²) in [4.78, 5) is 22.4. The van der Waals surface area contributed by atoms with Gasteiger partial charge in [-0.1, -0.05) is 35.3 Å². The molecule has 0 unspecified atom stereocenters. The van der Waals surface area contributed by atoms with Crippen molar-refractivity contribution in [2.24, 2.45) is 0 Å². The molecule has 0 radical (unpaired) electrons. The average Bonchev–Trinajstić information content (AvgIpc) is 2.50. The fourth-order valence-electron chi connectivity index (χ4n) is 1.86. The molecule has 0 aliphatic carbocycles. The second-order valence-electron chi connectivity index (χ2n) is 4.64. The minimum absolute atomic E-state index is 0.153. The van der Waals surface area contributed by atoms with E-state index in [4.69, 9.17) is 27.9 Å². The van der Waals surface area contributed by atoms with Crippen molar-refractivity contribution >= 4 is 40.5 Å². The molecule has 6 nitrogen and oxygen atoms in total. The maximum atomic E-state index is 11.9. The first kappa shape index (κ1) is 17.1. The fraction of sp³-hybridized carbons (Fsp3) is 0.133. The topological polar surface area (TPSA) is 81.5 Å². The van der Waals surface area contributed by atoms with E-state index in [2.05, 4.69) is 5.32 Å². The van der Waals surface area contributed by atoms with Crippen molar-refractivity contribution in [2.75, 3.05) is 11.9 Å². The first-order chi connectivity index (χ1) is 10.9. The Morgan fingerprint density at radius 3 is 2.65 bits per heavy atom. The number of nitro benzene ring substituents is 1. The van der Waals surface area contributed by atoms with Crippen molar-refractivity contribution in [3.8, 4) is 5.75 Å². The summed E-state index contributed by atoms with van der Waals surface area (Å²) in [6.45, 7) is 1.35. The van der Waals surface area contributed by atoms with E-state index < -0.39 is 10.8 Å². The van der Waals surface area contributed by atoms with Crippen LogP contribution in [0.5, 0.6) is 5.75 Å². The van der Waals surface area contributed by atoms with Crippen molar-refractivity contribution in [3.05, 3.63) is 62.1 Å². The summed E-state index contributed by atoms with van der Waals surface area (Å²) in [5.41, 5.74) is 0.565. The van der Waals surface area contributed by atoms with Crippen molar-refractivity contribution in [3.63, 3.8) is 0 Å². The number of ether oxygens (including phenoxy) is 1. The molecule has 0 aromatic heterocycles. The van der Waals surface area contributed by atoms with Gasteiger partial charge in [0.15, 0.2) is 6.61 Å². The number of carbonyl (C=O) groups is 1. The number of amides is 1. The number of carbonyl (C=O) groups excluding carboxylic acids is 1. The number of hydrogen-bond donors (Lipinski definition) is 1. The molecule has 23 heavy (non-hydrogen) atoms. The number of para-hydroxylation sites is 1. The highest BCUT2D eigenvalue weighted by Crippen LogP contribution is 2.28. The van der Waals surface area contributed by atoms with Crippen LogP contribution >= 0.6 is 23.2 Å². The molecule has 2 aromatic carbocycles.